The highest BCUT2D eigenvalue weighted by Gasteiger charge is 2.45. The smallest absolute Gasteiger partial charge is 0.219 e. The van der Waals surface area contributed by atoms with E-state index in [1.807, 2.05) is 35.7 Å². The molecule has 2 saturated heterocycles. The number of carbonyl (C=O) groups excluding carboxylic acids is 1. The minimum atomic E-state index is 0.177. The van der Waals surface area contributed by atoms with Gasteiger partial charge < -0.3 is 15.1 Å². The standard InChI is InChI=1S/C20H24N8OS/c1-14(29)27-6-4-20(5-7-27)12-28(13-20)18-9-17(22-16-3-8-30-25-16)23-19(24-18)15-10-21-26(2)11-15/h3,8-11H,4-7,12-13H2,1-2H3,(H,22,23,24,25). The summed E-state index contributed by atoms with van der Waals surface area (Å²) >= 11 is 1.40. The summed E-state index contributed by atoms with van der Waals surface area (Å²) in [6.45, 7) is 5.27. The first-order valence-corrected chi connectivity index (χ1v) is 10.9. The van der Waals surface area contributed by atoms with E-state index in [-0.39, 0.29) is 11.3 Å². The van der Waals surface area contributed by atoms with Crippen molar-refractivity contribution in [3.63, 3.8) is 0 Å². The zero-order valence-electron chi connectivity index (χ0n) is 17.1. The first-order chi connectivity index (χ1) is 14.5. The number of rotatable bonds is 4. The molecule has 5 rings (SSSR count). The van der Waals surface area contributed by atoms with Gasteiger partial charge in [0.2, 0.25) is 5.91 Å². The Morgan fingerprint density at radius 2 is 2.00 bits per heavy atom. The summed E-state index contributed by atoms with van der Waals surface area (Å²) in [5.41, 5.74) is 1.17. The lowest BCUT2D eigenvalue weighted by Crippen LogP contribution is -2.61. The number of carbonyl (C=O) groups is 1. The monoisotopic (exact) mass is 424 g/mol. The van der Waals surface area contributed by atoms with Gasteiger partial charge in [-0.15, -0.1) is 0 Å². The summed E-state index contributed by atoms with van der Waals surface area (Å²) in [7, 11) is 1.88. The van der Waals surface area contributed by atoms with Gasteiger partial charge >= 0.3 is 0 Å². The zero-order valence-corrected chi connectivity index (χ0v) is 17.9. The van der Waals surface area contributed by atoms with Crippen molar-refractivity contribution in [1.29, 1.82) is 0 Å². The fourth-order valence-corrected chi connectivity index (χ4v) is 4.74. The number of nitrogens with zero attached hydrogens (tertiary/aromatic N) is 7. The Hall–Kier alpha value is -3.01. The molecule has 0 atom stereocenters. The molecular weight excluding hydrogens is 400 g/mol. The number of anilines is 3. The lowest BCUT2D eigenvalue weighted by molar-refractivity contribution is -0.131. The molecule has 1 N–H and O–H groups in total. The molecule has 2 aliphatic rings. The largest absolute Gasteiger partial charge is 0.355 e. The first kappa shape index (κ1) is 19.0. The van der Waals surface area contributed by atoms with Gasteiger partial charge in [0.1, 0.15) is 17.5 Å². The Bertz CT molecular complexity index is 1050. The van der Waals surface area contributed by atoms with E-state index in [0.717, 1.165) is 62.0 Å². The number of amides is 1. The maximum Gasteiger partial charge on any atom is 0.219 e. The Morgan fingerprint density at radius 3 is 2.63 bits per heavy atom. The number of likely N-dealkylation sites (tertiary alicyclic amines) is 1. The SMILES string of the molecule is CC(=O)N1CCC2(CC1)CN(c1cc(Nc3ccsn3)nc(-c3cnn(C)c3)n1)C2. The third kappa shape index (κ3) is 3.62. The van der Waals surface area contributed by atoms with E-state index in [0.29, 0.717) is 5.82 Å². The van der Waals surface area contributed by atoms with E-state index in [1.165, 1.54) is 11.5 Å². The second-order valence-electron chi connectivity index (χ2n) is 8.21. The molecule has 5 heterocycles. The van der Waals surface area contributed by atoms with Crippen LogP contribution in [0.25, 0.3) is 11.4 Å². The predicted molar refractivity (Wildman–Crippen MR) is 116 cm³/mol. The van der Waals surface area contributed by atoms with Gasteiger partial charge in [-0.1, -0.05) is 0 Å². The molecule has 0 aromatic carbocycles. The van der Waals surface area contributed by atoms with Gasteiger partial charge in [0, 0.05) is 63.2 Å². The predicted octanol–water partition coefficient (Wildman–Crippen LogP) is 2.53. The summed E-state index contributed by atoms with van der Waals surface area (Å²) in [6.07, 6.45) is 5.79. The van der Waals surface area contributed by atoms with Crippen LogP contribution in [0.4, 0.5) is 17.5 Å². The molecule has 0 saturated carbocycles. The van der Waals surface area contributed by atoms with Gasteiger partial charge in [0.15, 0.2) is 5.82 Å². The van der Waals surface area contributed by atoms with Crippen LogP contribution in [0, 0.1) is 5.41 Å². The lowest BCUT2D eigenvalue weighted by Gasteiger charge is -2.54. The second kappa shape index (κ2) is 7.35. The minimum absolute atomic E-state index is 0.177. The van der Waals surface area contributed by atoms with Crippen LogP contribution in [0.1, 0.15) is 19.8 Å². The second-order valence-corrected chi connectivity index (χ2v) is 8.88. The fraction of sp³-hybridized carbons (Fsp3) is 0.450. The molecule has 0 bridgehead atoms. The average molecular weight is 425 g/mol. The number of aromatic nitrogens is 5. The van der Waals surface area contributed by atoms with Crippen molar-refractivity contribution in [3.8, 4) is 11.4 Å². The van der Waals surface area contributed by atoms with Crippen molar-refractivity contribution < 1.29 is 4.79 Å². The van der Waals surface area contributed by atoms with Crippen molar-refractivity contribution in [2.75, 3.05) is 36.4 Å². The Balaban J connectivity index is 1.37. The Kier molecular flexibility index (Phi) is 4.65. The van der Waals surface area contributed by atoms with E-state index in [2.05, 4.69) is 24.7 Å². The molecule has 9 nitrogen and oxygen atoms in total. The topological polar surface area (TPSA) is 92.1 Å². The fourth-order valence-electron chi connectivity index (χ4n) is 4.27. The quantitative estimate of drug-likeness (QED) is 0.688. The molecule has 1 amide bonds. The molecule has 0 radical (unpaired) electrons. The minimum Gasteiger partial charge on any atom is -0.355 e. The normalized spacial score (nSPS) is 17.8. The molecule has 156 valence electrons. The van der Waals surface area contributed by atoms with Crippen molar-refractivity contribution >= 4 is 34.9 Å². The van der Waals surface area contributed by atoms with Gasteiger partial charge in [-0.05, 0) is 30.4 Å². The lowest BCUT2D eigenvalue weighted by atomic mass is 9.72. The Labute approximate surface area is 178 Å². The molecule has 3 aromatic rings. The number of aryl methyl sites for hydroxylation is 1. The molecule has 0 unspecified atom stereocenters. The van der Waals surface area contributed by atoms with Crippen molar-refractivity contribution in [2.24, 2.45) is 12.5 Å². The molecule has 0 aliphatic carbocycles. The van der Waals surface area contributed by atoms with Gasteiger partial charge in [-0.3, -0.25) is 9.48 Å². The van der Waals surface area contributed by atoms with Crippen molar-refractivity contribution in [1.82, 2.24) is 29.0 Å². The molecule has 3 aromatic heterocycles. The average Bonchev–Trinajstić information content (AvgIpc) is 3.37. The number of nitrogens with one attached hydrogen (secondary N) is 1. The summed E-state index contributed by atoms with van der Waals surface area (Å²) in [5, 5.41) is 9.47. The van der Waals surface area contributed by atoms with Crippen molar-refractivity contribution in [2.45, 2.75) is 19.8 Å². The van der Waals surface area contributed by atoms with E-state index in [4.69, 9.17) is 4.98 Å². The van der Waals surface area contributed by atoms with E-state index in [1.54, 1.807) is 17.8 Å². The van der Waals surface area contributed by atoms with E-state index < -0.39 is 0 Å². The van der Waals surface area contributed by atoms with Crippen LogP contribution in [-0.2, 0) is 11.8 Å². The van der Waals surface area contributed by atoms with Crippen LogP contribution in [0.3, 0.4) is 0 Å². The summed E-state index contributed by atoms with van der Waals surface area (Å²) in [4.78, 5) is 25.4. The van der Waals surface area contributed by atoms with Crippen LogP contribution in [0.2, 0.25) is 0 Å². The van der Waals surface area contributed by atoms with Crippen LogP contribution in [0.15, 0.2) is 29.9 Å². The summed E-state index contributed by atoms with van der Waals surface area (Å²) in [5.74, 6) is 3.22. The third-order valence-electron chi connectivity index (χ3n) is 6.02. The van der Waals surface area contributed by atoms with Crippen molar-refractivity contribution in [3.05, 3.63) is 29.9 Å². The molecule has 1 spiro atoms. The number of hydrogen-bond acceptors (Lipinski definition) is 8. The third-order valence-corrected chi connectivity index (χ3v) is 6.58. The Morgan fingerprint density at radius 1 is 1.20 bits per heavy atom. The molecular formula is C20H24N8OS. The van der Waals surface area contributed by atoms with Crippen LogP contribution >= 0.6 is 11.5 Å². The van der Waals surface area contributed by atoms with Crippen LogP contribution in [0.5, 0.6) is 0 Å². The van der Waals surface area contributed by atoms with Gasteiger partial charge in [0.25, 0.3) is 0 Å². The van der Waals surface area contributed by atoms with E-state index >= 15 is 0 Å². The maximum atomic E-state index is 11.6. The van der Waals surface area contributed by atoms with E-state index in [9.17, 15) is 4.79 Å². The summed E-state index contributed by atoms with van der Waals surface area (Å²) in [6, 6.07) is 3.91. The highest BCUT2D eigenvalue weighted by molar-refractivity contribution is 7.03. The zero-order chi connectivity index (χ0) is 20.7. The summed E-state index contributed by atoms with van der Waals surface area (Å²) < 4.78 is 6.07. The van der Waals surface area contributed by atoms with Crippen LogP contribution in [-0.4, -0.2) is 61.1 Å². The van der Waals surface area contributed by atoms with Crippen LogP contribution < -0.4 is 10.2 Å². The maximum absolute atomic E-state index is 11.6. The van der Waals surface area contributed by atoms with Gasteiger partial charge in [0.05, 0.1) is 11.8 Å². The molecule has 2 fully saturated rings. The molecule has 2 aliphatic heterocycles. The first-order valence-electron chi connectivity index (χ1n) is 10.1. The van der Waals surface area contributed by atoms with Gasteiger partial charge in [-0.2, -0.15) is 9.47 Å². The highest BCUT2D eigenvalue weighted by atomic mass is 32.1. The molecule has 30 heavy (non-hydrogen) atoms. The molecule has 10 heteroatoms. The highest BCUT2D eigenvalue weighted by Crippen LogP contribution is 2.42. The van der Waals surface area contributed by atoms with Gasteiger partial charge in [-0.25, -0.2) is 9.97 Å². The number of piperidine rings is 1. The number of hydrogen-bond donors (Lipinski definition) is 1.